The lowest BCUT2D eigenvalue weighted by atomic mass is 9.85. The third kappa shape index (κ3) is 3.75. The highest BCUT2D eigenvalue weighted by Crippen LogP contribution is 2.39. The van der Waals surface area contributed by atoms with Crippen LogP contribution < -0.4 is 10.2 Å². The van der Waals surface area contributed by atoms with Gasteiger partial charge in [0.05, 0.1) is 6.17 Å². The number of piperidine rings is 2. The number of rotatable bonds is 4. The molecule has 5 nitrogen and oxygen atoms in total. The van der Waals surface area contributed by atoms with E-state index in [9.17, 15) is 4.79 Å². The van der Waals surface area contributed by atoms with Crippen LogP contribution in [0.25, 0.3) is 0 Å². The number of aryl methyl sites for hydroxylation is 2. The van der Waals surface area contributed by atoms with Gasteiger partial charge in [-0.15, -0.1) is 0 Å². The van der Waals surface area contributed by atoms with E-state index in [-0.39, 0.29) is 5.54 Å². The van der Waals surface area contributed by atoms with Crippen molar-refractivity contribution in [3.8, 4) is 0 Å². The molecule has 1 atom stereocenters. The van der Waals surface area contributed by atoms with Gasteiger partial charge in [0.1, 0.15) is 5.54 Å². The Morgan fingerprint density at radius 1 is 0.848 bits per heavy atom. The van der Waals surface area contributed by atoms with Crippen LogP contribution in [0.5, 0.6) is 0 Å². The molecule has 1 spiro atoms. The second-order valence-electron chi connectivity index (χ2n) is 10.3. The number of carbonyl (C=O) groups excluding carboxylic acids is 1. The summed E-state index contributed by atoms with van der Waals surface area (Å²) in [4.78, 5) is 20.6. The van der Waals surface area contributed by atoms with Crippen molar-refractivity contribution in [1.82, 2.24) is 15.1 Å². The first-order valence-electron chi connectivity index (χ1n) is 13.0. The summed E-state index contributed by atoms with van der Waals surface area (Å²) in [6, 6.07) is 17.8. The van der Waals surface area contributed by atoms with E-state index in [1.807, 2.05) is 0 Å². The van der Waals surface area contributed by atoms with Crippen molar-refractivity contribution in [1.29, 1.82) is 0 Å². The van der Waals surface area contributed by atoms with Crippen LogP contribution in [0.4, 0.5) is 11.4 Å². The van der Waals surface area contributed by atoms with Gasteiger partial charge >= 0.3 is 0 Å². The van der Waals surface area contributed by atoms with Gasteiger partial charge in [-0.3, -0.25) is 9.69 Å². The number of carbonyl (C=O) groups is 1. The van der Waals surface area contributed by atoms with Gasteiger partial charge in [0.2, 0.25) is 5.91 Å². The summed E-state index contributed by atoms with van der Waals surface area (Å²) in [5, 5.41) is 3.30. The zero-order valence-electron chi connectivity index (χ0n) is 19.6. The summed E-state index contributed by atoms with van der Waals surface area (Å²) in [6.07, 6.45) is 9.19. The molecule has 0 radical (unpaired) electrons. The number of hydrogen-bond donors (Lipinski definition) is 1. The molecule has 2 aromatic carbocycles. The maximum Gasteiger partial charge on any atom is 0.241 e. The predicted octanol–water partition coefficient (Wildman–Crippen LogP) is 4.09. The van der Waals surface area contributed by atoms with Crippen molar-refractivity contribution in [2.45, 2.75) is 63.1 Å². The van der Waals surface area contributed by atoms with Crippen LogP contribution in [0.15, 0.2) is 48.5 Å². The summed E-state index contributed by atoms with van der Waals surface area (Å²) in [6.45, 7) is 5.27. The maximum atomic E-state index is 12.9. The van der Waals surface area contributed by atoms with Crippen LogP contribution in [0.3, 0.4) is 0 Å². The Morgan fingerprint density at radius 3 is 2.21 bits per heavy atom. The van der Waals surface area contributed by atoms with E-state index in [1.165, 1.54) is 35.3 Å². The molecule has 4 aliphatic rings. The van der Waals surface area contributed by atoms with Crippen molar-refractivity contribution in [3.05, 3.63) is 59.7 Å². The minimum Gasteiger partial charge on any atom is -0.341 e. The van der Waals surface area contributed by atoms with Crippen molar-refractivity contribution in [2.75, 3.05) is 37.6 Å². The van der Waals surface area contributed by atoms with E-state index >= 15 is 0 Å². The van der Waals surface area contributed by atoms with Gasteiger partial charge in [0.25, 0.3) is 0 Å². The first kappa shape index (κ1) is 21.2. The van der Waals surface area contributed by atoms with Crippen molar-refractivity contribution in [3.63, 3.8) is 0 Å². The number of hydrogen-bond acceptors (Lipinski definition) is 4. The normalized spacial score (nSPS) is 24.7. The summed E-state index contributed by atoms with van der Waals surface area (Å²) >= 11 is 0. The summed E-state index contributed by atoms with van der Waals surface area (Å²) in [5.41, 5.74) is 5.43. The molecule has 2 aromatic rings. The van der Waals surface area contributed by atoms with Gasteiger partial charge in [-0.2, -0.15) is 0 Å². The molecule has 0 aliphatic carbocycles. The second-order valence-corrected chi connectivity index (χ2v) is 10.3. The number of amides is 1. The molecule has 3 saturated heterocycles. The lowest BCUT2D eigenvalue weighted by molar-refractivity contribution is -0.129. The number of anilines is 2. The lowest BCUT2D eigenvalue weighted by Gasteiger charge is -2.45. The first-order chi connectivity index (χ1) is 16.2. The van der Waals surface area contributed by atoms with Gasteiger partial charge in [0.15, 0.2) is 0 Å². The Kier molecular flexibility index (Phi) is 5.63. The van der Waals surface area contributed by atoms with Gasteiger partial charge in [0, 0.05) is 37.6 Å². The standard InChI is InChI=1S/C28H36N4O/c33-27-28(32-19-6-5-12-26(32)29-27)15-20-30(21-16-28)17-7-18-31-24-10-3-1-8-22(24)13-14-23-9-2-4-11-25(23)31/h1-4,8-11,26H,5-7,12-21H2,(H,29,33)/t26-/m1/s1. The van der Waals surface area contributed by atoms with Crippen molar-refractivity contribution >= 4 is 17.3 Å². The topological polar surface area (TPSA) is 38.8 Å². The number of likely N-dealkylation sites (tertiary alicyclic amines) is 1. The molecular formula is C28H36N4O. The molecule has 1 amide bonds. The molecule has 6 rings (SSSR count). The molecule has 4 heterocycles. The van der Waals surface area contributed by atoms with E-state index in [4.69, 9.17) is 0 Å². The fraction of sp³-hybridized carbons (Fsp3) is 0.536. The summed E-state index contributed by atoms with van der Waals surface area (Å²) < 4.78 is 0. The fourth-order valence-electron chi connectivity index (χ4n) is 6.73. The number of nitrogens with one attached hydrogen (secondary N) is 1. The Balaban J connectivity index is 1.11. The molecule has 0 aromatic heterocycles. The molecule has 0 unspecified atom stereocenters. The number of para-hydroxylation sites is 2. The average Bonchev–Trinajstić information content (AvgIpc) is 3.02. The Labute approximate surface area is 197 Å². The molecule has 3 fully saturated rings. The fourth-order valence-corrected chi connectivity index (χ4v) is 6.73. The highest BCUT2D eigenvalue weighted by Gasteiger charge is 2.54. The van der Waals surface area contributed by atoms with Crippen LogP contribution in [-0.2, 0) is 17.6 Å². The van der Waals surface area contributed by atoms with E-state index in [2.05, 4.69) is 68.5 Å². The minimum absolute atomic E-state index is 0.232. The molecular weight excluding hydrogens is 408 g/mol. The van der Waals surface area contributed by atoms with Crippen LogP contribution in [0.2, 0.25) is 0 Å². The molecule has 4 aliphatic heterocycles. The predicted molar refractivity (Wildman–Crippen MR) is 133 cm³/mol. The minimum atomic E-state index is -0.232. The van der Waals surface area contributed by atoms with Gasteiger partial charge in [-0.25, -0.2) is 0 Å². The lowest BCUT2D eigenvalue weighted by Crippen LogP contribution is -2.58. The zero-order valence-corrected chi connectivity index (χ0v) is 19.6. The Hall–Kier alpha value is -2.37. The smallest absolute Gasteiger partial charge is 0.241 e. The molecule has 0 saturated carbocycles. The van der Waals surface area contributed by atoms with Crippen LogP contribution in [0.1, 0.15) is 49.7 Å². The zero-order chi connectivity index (χ0) is 22.3. The van der Waals surface area contributed by atoms with E-state index in [1.54, 1.807) is 0 Å². The monoisotopic (exact) mass is 444 g/mol. The van der Waals surface area contributed by atoms with Crippen LogP contribution >= 0.6 is 0 Å². The summed E-state index contributed by atoms with van der Waals surface area (Å²) in [7, 11) is 0. The largest absolute Gasteiger partial charge is 0.341 e. The molecule has 0 bridgehead atoms. The van der Waals surface area contributed by atoms with Crippen molar-refractivity contribution in [2.24, 2.45) is 0 Å². The Morgan fingerprint density at radius 2 is 1.52 bits per heavy atom. The first-order valence-corrected chi connectivity index (χ1v) is 13.0. The van der Waals surface area contributed by atoms with E-state index in [0.717, 1.165) is 71.2 Å². The maximum absolute atomic E-state index is 12.9. The quantitative estimate of drug-likeness (QED) is 0.771. The van der Waals surface area contributed by atoms with Gasteiger partial charge in [-0.05, 0) is 81.2 Å². The van der Waals surface area contributed by atoms with Crippen molar-refractivity contribution < 1.29 is 4.79 Å². The SMILES string of the molecule is O=C1N[C@H]2CCCCN2C12CCN(CCCN1c3ccccc3CCc3ccccc31)CC2. The third-order valence-corrected chi connectivity index (χ3v) is 8.54. The van der Waals surface area contributed by atoms with E-state index in [0.29, 0.717) is 12.1 Å². The average molecular weight is 445 g/mol. The number of fused-ring (bicyclic) bond motifs is 4. The molecule has 5 heteroatoms. The molecule has 174 valence electrons. The van der Waals surface area contributed by atoms with Crippen LogP contribution in [0, 0.1) is 0 Å². The second kappa shape index (κ2) is 8.77. The third-order valence-electron chi connectivity index (χ3n) is 8.54. The molecule has 1 N–H and O–H groups in total. The summed E-state index contributed by atoms with van der Waals surface area (Å²) in [5.74, 6) is 0.298. The highest BCUT2D eigenvalue weighted by atomic mass is 16.2. The highest BCUT2D eigenvalue weighted by molar-refractivity contribution is 5.89. The molecule has 33 heavy (non-hydrogen) atoms. The number of benzene rings is 2. The van der Waals surface area contributed by atoms with Gasteiger partial charge < -0.3 is 15.1 Å². The van der Waals surface area contributed by atoms with Crippen LogP contribution in [-0.4, -0.2) is 60.1 Å². The van der Waals surface area contributed by atoms with Gasteiger partial charge in [-0.1, -0.05) is 36.4 Å². The Bertz CT molecular complexity index is 965. The van der Waals surface area contributed by atoms with E-state index < -0.39 is 0 Å². The number of nitrogens with zero attached hydrogens (tertiary/aromatic N) is 3.